The van der Waals surface area contributed by atoms with Crippen LogP contribution in [0.1, 0.15) is 31.4 Å². The molecule has 18 heavy (non-hydrogen) atoms. The maximum absolute atomic E-state index is 11.9. The van der Waals surface area contributed by atoms with Gasteiger partial charge >= 0.3 is 0 Å². The van der Waals surface area contributed by atoms with Crippen LogP contribution in [0.2, 0.25) is 0 Å². The molecule has 0 aliphatic carbocycles. The van der Waals surface area contributed by atoms with E-state index in [1.54, 1.807) is 4.90 Å². The van der Waals surface area contributed by atoms with Crippen LogP contribution in [0.4, 0.5) is 0 Å². The average Bonchev–Trinajstić information content (AvgIpc) is 2.35. The lowest BCUT2D eigenvalue weighted by Crippen LogP contribution is -2.63. The zero-order valence-corrected chi connectivity index (χ0v) is 10.7. The molecule has 0 aromatic heterocycles. The van der Waals surface area contributed by atoms with E-state index in [1.807, 2.05) is 37.3 Å². The maximum Gasteiger partial charge on any atom is 0.224 e. The largest absolute Gasteiger partial charge is 0.386 e. The Balaban J connectivity index is 1.86. The van der Waals surface area contributed by atoms with Gasteiger partial charge < -0.3 is 15.7 Å². The number of hydrogen-bond acceptors (Lipinski definition) is 3. The Morgan fingerprint density at radius 2 is 2.06 bits per heavy atom. The number of nitrogens with zero attached hydrogens (tertiary/aromatic N) is 1. The van der Waals surface area contributed by atoms with Gasteiger partial charge in [-0.15, -0.1) is 0 Å². The van der Waals surface area contributed by atoms with E-state index in [4.69, 9.17) is 5.73 Å². The zero-order valence-electron chi connectivity index (χ0n) is 10.7. The van der Waals surface area contributed by atoms with Gasteiger partial charge in [0.05, 0.1) is 18.7 Å². The van der Waals surface area contributed by atoms with Gasteiger partial charge in [-0.05, 0) is 12.0 Å². The third-order valence-corrected chi connectivity index (χ3v) is 3.60. The summed E-state index contributed by atoms with van der Waals surface area (Å²) in [6.07, 6.45) is 0.978. The van der Waals surface area contributed by atoms with Crippen molar-refractivity contribution in [3.63, 3.8) is 0 Å². The Morgan fingerprint density at radius 1 is 1.44 bits per heavy atom. The smallest absolute Gasteiger partial charge is 0.224 e. The summed E-state index contributed by atoms with van der Waals surface area (Å²) in [4.78, 5) is 13.6. The summed E-state index contributed by atoms with van der Waals surface area (Å²) < 4.78 is 0. The van der Waals surface area contributed by atoms with Crippen LogP contribution < -0.4 is 5.73 Å². The molecule has 1 unspecified atom stereocenters. The van der Waals surface area contributed by atoms with Crippen molar-refractivity contribution in [2.75, 3.05) is 13.1 Å². The van der Waals surface area contributed by atoms with Crippen molar-refractivity contribution in [3.05, 3.63) is 35.9 Å². The van der Waals surface area contributed by atoms with Crippen molar-refractivity contribution in [2.45, 2.75) is 31.4 Å². The predicted molar refractivity (Wildman–Crippen MR) is 69.8 cm³/mol. The molecule has 1 heterocycles. The number of β-amino-alcohol motifs (C(OH)–C–C–N with tert-alkyl or cyclic N) is 1. The molecule has 0 bridgehead atoms. The van der Waals surface area contributed by atoms with E-state index >= 15 is 0 Å². The highest BCUT2D eigenvalue weighted by atomic mass is 16.3. The summed E-state index contributed by atoms with van der Waals surface area (Å²) in [6.45, 7) is 2.80. The van der Waals surface area contributed by atoms with Crippen LogP contribution in [0.25, 0.3) is 0 Å². The monoisotopic (exact) mass is 248 g/mol. The van der Waals surface area contributed by atoms with Gasteiger partial charge in [-0.2, -0.15) is 0 Å². The second-order valence-corrected chi connectivity index (χ2v) is 5.05. The number of benzene rings is 1. The highest BCUT2D eigenvalue weighted by Crippen LogP contribution is 2.26. The van der Waals surface area contributed by atoms with Gasteiger partial charge in [-0.25, -0.2) is 0 Å². The Labute approximate surface area is 107 Å². The number of likely N-dealkylation sites (tertiary alicyclic amines) is 1. The fourth-order valence-electron chi connectivity index (χ4n) is 2.20. The van der Waals surface area contributed by atoms with E-state index in [0.29, 0.717) is 25.9 Å². The molecule has 0 saturated carbocycles. The summed E-state index contributed by atoms with van der Waals surface area (Å²) in [5.41, 5.74) is 6.30. The zero-order chi connectivity index (χ0) is 13.2. The van der Waals surface area contributed by atoms with Crippen molar-refractivity contribution in [1.82, 2.24) is 4.90 Å². The van der Waals surface area contributed by atoms with E-state index in [9.17, 15) is 9.90 Å². The number of carbonyl (C=O) groups excluding carboxylic acids is 1. The Morgan fingerprint density at radius 3 is 2.61 bits per heavy atom. The molecule has 98 valence electrons. The van der Waals surface area contributed by atoms with Crippen molar-refractivity contribution in [2.24, 2.45) is 5.73 Å². The number of hydrogen-bond donors (Lipinski definition) is 2. The molecule has 1 aliphatic heterocycles. The molecule has 1 fully saturated rings. The molecule has 1 aliphatic rings. The summed E-state index contributed by atoms with van der Waals surface area (Å²) in [5, 5.41) is 9.86. The molecular formula is C14H20N2O2. The molecule has 1 atom stereocenters. The third kappa shape index (κ3) is 2.71. The van der Waals surface area contributed by atoms with Crippen molar-refractivity contribution < 1.29 is 9.90 Å². The van der Waals surface area contributed by atoms with Gasteiger partial charge in [0.2, 0.25) is 5.91 Å². The van der Waals surface area contributed by atoms with Crippen LogP contribution in [0, 0.1) is 0 Å². The van der Waals surface area contributed by atoms with Crippen LogP contribution in [0.3, 0.4) is 0 Å². The van der Waals surface area contributed by atoms with Crippen molar-refractivity contribution >= 4 is 5.91 Å². The molecular weight excluding hydrogens is 228 g/mol. The van der Waals surface area contributed by atoms with Crippen molar-refractivity contribution in [3.8, 4) is 0 Å². The normalized spacial score (nSPS) is 19.2. The molecule has 0 radical (unpaired) electrons. The van der Waals surface area contributed by atoms with Crippen LogP contribution in [0.5, 0.6) is 0 Å². The summed E-state index contributed by atoms with van der Waals surface area (Å²) in [5.74, 6) is 0.0180. The van der Waals surface area contributed by atoms with Crippen LogP contribution >= 0.6 is 0 Å². The number of rotatable bonds is 4. The molecule has 1 aromatic carbocycles. The summed E-state index contributed by atoms with van der Waals surface area (Å²) >= 11 is 0. The SMILES string of the molecule is CCC1(O)CN(C(=O)CC(N)c2ccccc2)C1. The van der Waals surface area contributed by atoms with Crippen molar-refractivity contribution in [1.29, 1.82) is 0 Å². The average molecular weight is 248 g/mol. The second-order valence-electron chi connectivity index (χ2n) is 5.05. The molecule has 3 N–H and O–H groups in total. The predicted octanol–water partition coefficient (Wildman–Crippen LogP) is 1.06. The number of nitrogens with two attached hydrogens (primary N) is 1. The van der Waals surface area contributed by atoms with Gasteiger partial charge in [0, 0.05) is 12.5 Å². The minimum atomic E-state index is -0.674. The van der Waals surface area contributed by atoms with Gasteiger partial charge in [-0.3, -0.25) is 4.79 Å². The van der Waals surface area contributed by atoms with Crippen LogP contribution in [-0.4, -0.2) is 34.6 Å². The van der Waals surface area contributed by atoms with Gasteiger partial charge in [0.25, 0.3) is 0 Å². The van der Waals surface area contributed by atoms with E-state index in [-0.39, 0.29) is 11.9 Å². The van der Waals surface area contributed by atoms with Crippen LogP contribution in [-0.2, 0) is 4.79 Å². The molecule has 1 saturated heterocycles. The molecule has 1 aromatic rings. The lowest BCUT2D eigenvalue weighted by molar-refractivity contribution is -0.156. The first kappa shape index (κ1) is 13.1. The molecule has 0 spiro atoms. The second kappa shape index (κ2) is 5.08. The summed E-state index contributed by atoms with van der Waals surface area (Å²) in [7, 11) is 0. The van der Waals surface area contributed by atoms with Gasteiger partial charge in [0.15, 0.2) is 0 Å². The standard InChI is InChI=1S/C14H20N2O2/c1-2-14(18)9-16(10-14)13(17)8-12(15)11-6-4-3-5-7-11/h3-7,12,18H,2,8-10,15H2,1H3. The summed E-state index contributed by atoms with van der Waals surface area (Å²) in [6, 6.07) is 9.34. The lowest BCUT2D eigenvalue weighted by Gasteiger charge is -2.46. The third-order valence-electron chi connectivity index (χ3n) is 3.60. The number of amides is 1. The fourth-order valence-corrected chi connectivity index (χ4v) is 2.20. The molecule has 2 rings (SSSR count). The Hall–Kier alpha value is -1.39. The van der Waals surface area contributed by atoms with E-state index in [1.165, 1.54) is 0 Å². The van der Waals surface area contributed by atoms with Crippen LogP contribution in [0.15, 0.2) is 30.3 Å². The quantitative estimate of drug-likeness (QED) is 0.837. The first-order chi connectivity index (χ1) is 8.54. The molecule has 4 heteroatoms. The fraction of sp³-hybridized carbons (Fsp3) is 0.500. The highest BCUT2D eigenvalue weighted by Gasteiger charge is 2.41. The Kier molecular flexibility index (Phi) is 3.68. The van der Waals surface area contributed by atoms with Gasteiger partial charge in [-0.1, -0.05) is 37.3 Å². The first-order valence-corrected chi connectivity index (χ1v) is 6.35. The maximum atomic E-state index is 11.9. The first-order valence-electron chi connectivity index (χ1n) is 6.35. The van der Waals surface area contributed by atoms with Gasteiger partial charge in [0.1, 0.15) is 0 Å². The lowest BCUT2D eigenvalue weighted by atomic mass is 9.90. The Bertz CT molecular complexity index is 413. The van der Waals surface area contributed by atoms with E-state index < -0.39 is 5.60 Å². The van der Waals surface area contributed by atoms with E-state index in [2.05, 4.69) is 0 Å². The minimum absolute atomic E-state index is 0.0180. The highest BCUT2D eigenvalue weighted by molar-refractivity contribution is 5.78. The molecule has 4 nitrogen and oxygen atoms in total. The minimum Gasteiger partial charge on any atom is -0.386 e. The van der Waals surface area contributed by atoms with E-state index in [0.717, 1.165) is 5.56 Å². The topological polar surface area (TPSA) is 66.6 Å². The number of carbonyl (C=O) groups is 1. The molecule has 1 amide bonds. The number of aliphatic hydroxyl groups is 1.